The number of aliphatic hydroxyl groups is 1. The molecular formula is C85H166O17P2. The molecular weight excluding hydrogens is 1350 g/mol. The van der Waals surface area contributed by atoms with Crippen molar-refractivity contribution in [1.29, 1.82) is 0 Å². The van der Waals surface area contributed by atoms with Crippen molar-refractivity contribution < 1.29 is 80.2 Å². The lowest BCUT2D eigenvalue weighted by Gasteiger charge is -2.21. The van der Waals surface area contributed by atoms with E-state index in [9.17, 15) is 43.2 Å². The Morgan fingerprint density at radius 1 is 0.269 bits per heavy atom. The molecule has 104 heavy (non-hydrogen) atoms. The van der Waals surface area contributed by atoms with Crippen LogP contribution in [0.2, 0.25) is 0 Å². The van der Waals surface area contributed by atoms with Crippen LogP contribution in [0.15, 0.2) is 0 Å². The van der Waals surface area contributed by atoms with Gasteiger partial charge in [-0.15, -0.1) is 0 Å². The number of unbranched alkanes of at least 4 members (excludes halogenated alkanes) is 46. The Balaban J connectivity index is 5.17. The number of carbonyl (C=O) groups excluding carboxylic acids is 4. The Labute approximate surface area is 638 Å². The van der Waals surface area contributed by atoms with Crippen LogP contribution in [0.25, 0.3) is 0 Å². The standard InChI is InChI=1S/C85H166O17P2/c1-9-77(7)63-55-47-38-31-27-23-19-15-11-13-17-21-25-29-33-40-49-57-65-82(87)95-71-80(101-84(89)67-59-51-41-34-30-26-22-18-14-12-16-20-24-28-32-39-48-56-64-78(8)10-2)73-99-103(91,92)97-69-79(86)70-98-104(93,94)100-74-81(72-96-83(88)66-58-50-44-43-46-54-62-76(5)6)102-85(90)68-60-52-42-36-35-37-45-53-61-75(3)4/h75-81,86H,9-74H2,1-8H3,(H,91,92)(H,93,94)/t77?,78?,79-,80-,81-/m1/s1. The number of aliphatic hydroxyl groups excluding tert-OH is 1. The van der Waals surface area contributed by atoms with Gasteiger partial charge in [-0.05, 0) is 49.4 Å². The van der Waals surface area contributed by atoms with Crippen LogP contribution < -0.4 is 0 Å². The molecule has 17 nitrogen and oxygen atoms in total. The van der Waals surface area contributed by atoms with Gasteiger partial charge >= 0.3 is 39.5 Å². The molecule has 0 amide bonds. The van der Waals surface area contributed by atoms with Crippen molar-refractivity contribution in [2.24, 2.45) is 23.7 Å². The lowest BCUT2D eigenvalue weighted by Crippen LogP contribution is -2.30. The third kappa shape index (κ3) is 75.5. The molecule has 618 valence electrons. The predicted octanol–water partition coefficient (Wildman–Crippen LogP) is 25.6. The summed E-state index contributed by atoms with van der Waals surface area (Å²) < 4.78 is 68.7. The molecule has 0 aliphatic rings. The first-order valence-electron chi connectivity index (χ1n) is 43.8. The average Bonchev–Trinajstić information content (AvgIpc) is 0.907. The Morgan fingerprint density at radius 3 is 0.683 bits per heavy atom. The van der Waals surface area contributed by atoms with Crippen molar-refractivity contribution in [3.63, 3.8) is 0 Å². The molecule has 0 aromatic rings. The van der Waals surface area contributed by atoms with Crippen LogP contribution in [0, 0.1) is 23.7 Å². The first kappa shape index (κ1) is 102. The highest BCUT2D eigenvalue weighted by atomic mass is 31.2. The zero-order valence-corrected chi connectivity index (χ0v) is 70.5. The van der Waals surface area contributed by atoms with Crippen LogP contribution >= 0.6 is 15.6 Å². The smallest absolute Gasteiger partial charge is 0.462 e. The largest absolute Gasteiger partial charge is 0.472 e. The average molecular weight is 1520 g/mol. The van der Waals surface area contributed by atoms with Gasteiger partial charge in [0.2, 0.25) is 0 Å². The van der Waals surface area contributed by atoms with Crippen LogP contribution in [-0.2, 0) is 65.4 Å². The summed E-state index contributed by atoms with van der Waals surface area (Å²) in [6, 6.07) is 0. The van der Waals surface area contributed by atoms with Crippen molar-refractivity contribution in [2.75, 3.05) is 39.6 Å². The Morgan fingerprint density at radius 2 is 0.462 bits per heavy atom. The van der Waals surface area contributed by atoms with E-state index in [4.69, 9.17) is 37.0 Å². The van der Waals surface area contributed by atoms with Crippen LogP contribution in [0.4, 0.5) is 0 Å². The number of hydrogen-bond acceptors (Lipinski definition) is 15. The molecule has 0 aromatic carbocycles. The summed E-state index contributed by atoms with van der Waals surface area (Å²) in [5.41, 5.74) is 0. The molecule has 7 atom stereocenters. The molecule has 0 radical (unpaired) electrons. The summed E-state index contributed by atoms with van der Waals surface area (Å²) in [4.78, 5) is 73.0. The summed E-state index contributed by atoms with van der Waals surface area (Å²) in [6.07, 6.45) is 62.8. The van der Waals surface area contributed by atoms with E-state index in [0.29, 0.717) is 31.6 Å². The molecule has 0 saturated carbocycles. The minimum atomic E-state index is -4.97. The van der Waals surface area contributed by atoms with Gasteiger partial charge in [0.15, 0.2) is 12.2 Å². The highest BCUT2D eigenvalue weighted by Gasteiger charge is 2.30. The summed E-state index contributed by atoms with van der Waals surface area (Å²) in [6.45, 7) is 14.3. The second-order valence-electron chi connectivity index (χ2n) is 32.0. The maximum Gasteiger partial charge on any atom is 0.472 e. The van der Waals surface area contributed by atoms with E-state index in [2.05, 4.69) is 55.4 Å². The van der Waals surface area contributed by atoms with E-state index < -0.39 is 97.5 Å². The fraction of sp³-hybridized carbons (Fsp3) is 0.953. The first-order chi connectivity index (χ1) is 50.2. The number of rotatable bonds is 82. The molecule has 0 rings (SSSR count). The lowest BCUT2D eigenvalue weighted by molar-refractivity contribution is -0.161. The first-order valence-corrected chi connectivity index (χ1v) is 46.8. The molecule has 19 heteroatoms. The van der Waals surface area contributed by atoms with Crippen molar-refractivity contribution in [3.05, 3.63) is 0 Å². The second-order valence-corrected chi connectivity index (χ2v) is 34.9. The second kappa shape index (κ2) is 73.8. The molecule has 0 spiro atoms. The summed E-state index contributed by atoms with van der Waals surface area (Å²) >= 11 is 0. The predicted molar refractivity (Wildman–Crippen MR) is 428 cm³/mol. The van der Waals surface area contributed by atoms with E-state index >= 15 is 0 Å². The monoisotopic (exact) mass is 1520 g/mol. The van der Waals surface area contributed by atoms with Crippen molar-refractivity contribution in [3.8, 4) is 0 Å². The number of hydrogen-bond donors (Lipinski definition) is 3. The third-order valence-corrected chi connectivity index (χ3v) is 22.4. The molecule has 0 aliphatic heterocycles. The third-order valence-electron chi connectivity index (χ3n) is 20.5. The fourth-order valence-electron chi connectivity index (χ4n) is 13.1. The van der Waals surface area contributed by atoms with Crippen LogP contribution in [-0.4, -0.2) is 96.7 Å². The van der Waals surface area contributed by atoms with Crippen LogP contribution in [0.3, 0.4) is 0 Å². The molecule has 0 saturated heterocycles. The fourth-order valence-corrected chi connectivity index (χ4v) is 14.7. The van der Waals surface area contributed by atoms with Gasteiger partial charge in [0.25, 0.3) is 0 Å². The van der Waals surface area contributed by atoms with Crippen LogP contribution in [0.1, 0.15) is 441 Å². The summed E-state index contributed by atoms with van der Waals surface area (Å²) in [5, 5.41) is 10.6. The van der Waals surface area contributed by atoms with Crippen molar-refractivity contribution in [2.45, 2.75) is 459 Å². The van der Waals surface area contributed by atoms with Crippen LogP contribution in [0.5, 0.6) is 0 Å². The van der Waals surface area contributed by atoms with Crippen molar-refractivity contribution in [1.82, 2.24) is 0 Å². The van der Waals surface area contributed by atoms with Gasteiger partial charge in [-0.25, -0.2) is 9.13 Å². The molecule has 0 heterocycles. The number of ether oxygens (including phenoxy) is 4. The molecule has 0 bridgehead atoms. The van der Waals surface area contributed by atoms with E-state index in [1.54, 1.807) is 0 Å². The molecule has 0 aromatic heterocycles. The van der Waals surface area contributed by atoms with Gasteiger partial charge in [-0.1, -0.05) is 389 Å². The maximum absolute atomic E-state index is 13.1. The SMILES string of the molecule is CCC(C)CCCCCCCCCCCCCCCCCCCCC(=O)OC[C@H](COP(=O)(O)OC[C@@H](O)COP(=O)(O)OC[C@@H](COC(=O)CCCCCCCCC(C)C)OC(=O)CCCCCCCCCCC(C)C)OC(=O)CCCCCCCCCCCCCCCCCCCCC(C)CC. The summed E-state index contributed by atoms with van der Waals surface area (Å²) in [7, 11) is -9.92. The van der Waals surface area contributed by atoms with Gasteiger partial charge in [0, 0.05) is 25.7 Å². The Kier molecular flexibility index (Phi) is 72.5. The number of esters is 4. The molecule has 3 N–H and O–H groups in total. The minimum absolute atomic E-state index is 0.103. The Hall–Kier alpha value is -1.94. The topological polar surface area (TPSA) is 237 Å². The minimum Gasteiger partial charge on any atom is -0.462 e. The van der Waals surface area contributed by atoms with Gasteiger partial charge in [0.05, 0.1) is 26.4 Å². The van der Waals surface area contributed by atoms with E-state index in [-0.39, 0.29) is 25.7 Å². The highest BCUT2D eigenvalue weighted by molar-refractivity contribution is 7.47. The zero-order valence-electron chi connectivity index (χ0n) is 68.7. The number of carbonyl (C=O) groups is 4. The van der Waals surface area contributed by atoms with E-state index in [0.717, 1.165) is 114 Å². The molecule has 0 aliphatic carbocycles. The van der Waals surface area contributed by atoms with Gasteiger partial charge in [-0.2, -0.15) is 0 Å². The summed E-state index contributed by atoms with van der Waals surface area (Å²) in [5.74, 6) is 1.03. The van der Waals surface area contributed by atoms with Gasteiger partial charge < -0.3 is 33.8 Å². The van der Waals surface area contributed by atoms with Gasteiger partial charge in [0.1, 0.15) is 19.3 Å². The lowest BCUT2D eigenvalue weighted by atomic mass is 9.99. The van der Waals surface area contributed by atoms with E-state index in [1.807, 2.05) is 0 Å². The van der Waals surface area contributed by atoms with Crippen molar-refractivity contribution >= 4 is 39.5 Å². The Bertz CT molecular complexity index is 2030. The number of phosphoric acid groups is 2. The molecule has 0 fully saturated rings. The van der Waals surface area contributed by atoms with Gasteiger partial charge in [-0.3, -0.25) is 37.3 Å². The quantitative estimate of drug-likeness (QED) is 0.0222. The normalized spacial score (nSPS) is 14.5. The van der Waals surface area contributed by atoms with E-state index in [1.165, 1.54) is 238 Å². The zero-order chi connectivity index (χ0) is 76.7. The highest BCUT2D eigenvalue weighted by Crippen LogP contribution is 2.45. The number of phosphoric ester groups is 2. The maximum atomic E-state index is 13.1. The molecule has 4 unspecified atom stereocenters.